The Labute approximate surface area is 197 Å². The number of aromatic hydroxyl groups is 1. The molecule has 1 aromatic carbocycles. The van der Waals surface area contributed by atoms with Gasteiger partial charge in [-0.25, -0.2) is 0 Å². The first-order chi connectivity index (χ1) is 15.8. The second kappa shape index (κ2) is 7.74. The molecular weight excluding hydrogens is 490 g/mol. The Bertz CT molecular complexity index is 1260. The number of amides is 2. The Morgan fingerprint density at radius 3 is 2.64 bits per heavy atom. The molecular formula is C25H20BrNO6. The van der Waals surface area contributed by atoms with Gasteiger partial charge in [0.15, 0.2) is 11.6 Å². The fraction of sp³-hybridized carbons (Fsp3) is 0.280. The van der Waals surface area contributed by atoms with Gasteiger partial charge in [0.05, 0.1) is 16.3 Å². The average molecular weight is 510 g/mol. The number of hydrogen-bond donors (Lipinski definition) is 2. The van der Waals surface area contributed by atoms with Gasteiger partial charge in [0.2, 0.25) is 0 Å². The summed E-state index contributed by atoms with van der Waals surface area (Å²) in [6, 6.07) is 5.23. The molecule has 5 rings (SSSR count). The van der Waals surface area contributed by atoms with E-state index < -0.39 is 35.5 Å². The topological polar surface area (TPSA) is 112 Å². The van der Waals surface area contributed by atoms with E-state index in [4.69, 9.17) is 0 Å². The first-order valence-corrected chi connectivity index (χ1v) is 11.4. The third-order valence-electron chi connectivity index (χ3n) is 7.13. The number of nitrogens with zero attached hydrogens (tertiary/aromatic N) is 1. The zero-order valence-electron chi connectivity index (χ0n) is 17.5. The SMILES string of the molecule is C=CCc1cccc(C2C3=CCC4C(=O)N(O)C(=O)C4C3CC3=C2C(=O)C=C(Br)C3=O)c1O. The Morgan fingerprint density at radius 1 is 1.15 bits per heavy atom. The third-order valence-corrected chi connectivity index (χ3v) is 7.72. The zero-order valence-corrected chi connectivity index (χ0v) is 19.0. The van der Waals surface area contributed by atoms with Crippen molar-refractivity contribution in [2.45, 2.75) is 25.2 Å². The van der Waals surface area contributed by atoms with Crippen LogP contribution in [0, 0.1) is 17.8 Å². The first kappa shape index (κ1) is 21.7. The van der Waals surface area contributed by atoms with Crippen LogP contribution in [0.1, 0.15) is 29.9 Å². The molecule has 0 bridgehead atoms. The predicted molar refractivity (Wildman–Crippen MR) is 120 cm³/mol. The molecule has 4 unspecified atom stereocenters. The van der Waals surface area contributed by atoms with Gasteiger partial charge >= 0.3 is 0 Å². The number of phenolic OH excluding ortho intramolecular Hbond substituents is 1. The van der Waals surface area contributed by atoms with E-state index >= 15 is 0 Å². The molecule has 8 heteroatoms. The maximum atomic E-state index is 13.2. The molecule has 7 nitrogen and oxygen atoms in total. The van der Waals surface area contributed by atoms with Gasteiger partial charge < -0.3 is 5.11 Å². The number of Topliss-reactive ketones (excluding diaryl/α,β-unsaturated/α-hetero) is 1. The molecule has 4 atom stereocenters. The summed E-state index contributed by atoms with van der Waals surface area (Å²) in [5.41, 5.74) is 2.35. The number of allylic oxidation sites excluding steroid dienone is 7. The number of hydroxylamine groups is 2. The van der Waals surface area contributed by atoms with Crippen molar-refractivity contribution in [2.24, 2.45) is 17.8 Å². The molecule has 2 amide bonds. The molecule has 1 aromatic rings. The number of rotatable bonds is 3. The molecule has 33 heavy (non-hydrogen) atoms. The smallest absolute Gasteiger partial charge is 0.257 e. The molecule has 1 aliphatic heterocycles. The number of hydrogen-bond acceptors (Lipinski definition) is 6. The number of para-hydroxylation sites is 1. The molecule has 0 spiro atoms. The standard InChI is InChI=1S/C25H20BrNO6/c1-2-4-11-5-3-6-13(22(11)29)19-12-7-8-14-20(25(32)27(33)24(14)31)15(12)9-16-21(19)18(28)10-17(26)23(16)30/h2-3,5-7,10,14-15,19-20,29,33H,1,4,8-9H2. The number of ketones is 2. The summed E-state index contributed by atoms with van der Waals surface area (Å²) >= 11 is 3.17. The Balaban J connectivity index is 1.74. The third kappa shape index (κ3) is 3.04. The van der Waals surface area contributed by atoms with Crippen LogP contribution in [0.25, 0.3) is 0 Å². The summed E-state index contributed by atoms with van der Waals surface area (Å²) in [5.74, 6) is -4.88. The van der Waals surface area contributed by atoms with Crippen molar-refractivity contribution >= 4 is 39.3 Å². The zero-order chi connectivity index (χ0) is 23.6. The maximum Gasteiger partial charge on any atom is 0.257 e. The van der Waals surface area contributed by atoms with Gasteiger partial charge in [-0.05, 0) is 46.7 Å². The van der Waals surface area contributed by atoms with E-state index in [0.717, 1.165) is 0 Å². The highest BCUT2D eigenvalue weighted by atomic mass is 79.9. The fourth-order valence-electron chi connectivity index (χ4n) is 5.71. The summed E-state index contributed by atoms with van der Waals surface area (Å²) in [4.78, 5) is 51.5. The Hall–Kier alpha value is -3.10. The van der Waals surface area contributed by atoms with Crippen LogP contribution in [0.3, 0.4) is 0 Å². The fourth-order valence-corrected chi connectivity index (χ4v) is 6.16. The van der Waals surface area contributed by atoms with Crippen LogP contribution in [0.4, 0.5) is 0 Å². The highest BCUT2D eigenvalue weighted by molar-refractivity contribution is 9.12. The minimum absolute atomic E-state index is 0.00407. The van der Waals surface area contributed by atoms with Crippen LogP contribution in [-0.4, -0.2) is 38.8 Å². The number of halogens is 1. The highest BCUT2D eigenvalue weighted by Crippen LogP contribution is 2.56. The van der Waals surface area contributed by atoms with Gasteiger partial charge in [-0.3, -0.25) is 24.4 Å². The molecule has 2 N–H and O–H groups in total. The summed E-state index contributed by atoms with van der Waals surface area (Å²) in [7, 11) is 0. The average Bonchev–Trinajstić information content (AvgIpc) is 3.02. The number of phenols is 1. The molecule has 4 aliphatic rings. The number of carbonyl (C=O) groups is 4. The molecule has 0 radical (unpaired) electrons. The van der Waals surface area contributed by atoms with E-state index in [2.05, 4.69) is 22.5 Å². The van der Waals surface area contributed by atoms with E-state index in [0.29, 0.717) is 23.1 Å². The highest BCUT2D eigenvalue weighted by Gasteiger charge is 2.56. The van der Waals surface area contributed by atoms with Gasteiger partial charge in [0.25, 0.3) is 11.8 Å². The lowest BCUT2D eigenvalue weighted by Gasteiger charge is -2.42. The molecule has 1 fully saturated rings. The molecule has 1 saturated heterocycles. The van der Waals surface area contributed by atoms with E-state index in [-0.39, 0.29) is 50.8 Å². The van der Waals surface area contributed by atoms with Crippen molar-refractivity contribution in [3.8, 4) is 5.75 Å². The van der Waals surface area contributed by atoms with Crippen LogP contribution in [0.2, 0.25) is 0 Å². The van der Waals surface area contributed by atoms with Crippen LogP contribution in [0.15, 0.2) is 64.2 Å². The van der Waals surface area contributed by atoms with Crippen molar-refractivity contribution in [1.82, 2.24) is 5.06 Å². The van der Waals surface area contributed by atoms with E-state index in [9.17, 15) is 29.5 Å². The van der Waals surface area contributed by atoms with Crippen molar-refractivity contribution in [3.05, 3.63) is 75.3 Å². The predicted octanol–water partition coefficient (Wildman–Crippen LogP) is 3.27. The van der Waals surface area contributed by atoms with Crippen LogP contribution in [0.5, 0.6) is 5.75 Å². The van der Waals surface area contributed by atoms with Crippen molar-refractivity contribution in [1.29, 1.82) is 0 Å². The Morgan fingerprint density at radius 2 is 1.91 bits per heavy atom. The second-order valence-corrected chi connectivity index (χ2v) is 9.58. The van der Waals surface area contributed by atoms with Gasteiger partial charge in [0, 0.05) is 28.7 Å². The van der Waals surface area contributed by atoms with Crippen LogP contribution >= 0.6 is 15.9 Å². The van der Waals surface area contributed by atoms with Crippen molar-refractivity contribution in [2.75, 3.05) is 0 Å². The lowest BCUT2D eigenvalue weighted by Crippen LogP contribution is -2.39. The van der Waals surface area contributed by atoms with Crippen molar-refractivity contribution in [3.63, 3.8) is 0 Å². The lowest BCUT2D eigenvalue weighted by atomic mass is 9.59. The van der Waals surface area contributed by atoms with Crippen LogP contribution < -0.4 is 0 Å². The van der Waals surface area contributed by atoms with Crippen molar-refractivity contribution < 1.29 is 29.5 Å². The second-order valence-electron chi connectivity index (χ2n) is 8.73. The molecule has 168 valence electrons. The minimum atomic E-state index is -0.829. The van der Waals surface area contributed by atoms with Crippen LogP contribution in [-0.2, 0) is 25.6 Å². The molecule has 0 aromatic heterocycles. The number of fused-ring (bicyclic) bond motifs is 3. The summed E-state index contributed by atoms with van der Waals surface area (Å²) in [6.45, 7) is 3.72. The molecule has 3 aliphatic carbocycles. The lowest BCUT2D eigenvalue weighted by molar-refractivity contribution is -0.173. The van der Waals surface area contributed by atoms with Gasteiger partial charge in [0.1, 0.15) is 5.75 Å². The molecule has 0 saturated carbocycles. The van der Waals surface area contributed by atoms with E-state index in [1.165, 1.54) is 6.08 Å². The number of carbonyl (C=O) groups excluding carboxylic acids is 4. The summed E-state index contributed by atoms with van der Waals surface area (Å²) in [5, 5.41) is 21.3. The number of imide groups is 1. The van der Waals surface area contributed by atoms with Gasteiger partial charge in [-0.1, -0.05) is 35.9 Å². The van der Waals surface area contributed by atoms with Gasteiger partial charge in [-0.2, -0.15) is 5.06 Å². The summed E-state index contributed by atoms with van der Waals surface area (Å²) in [6.07, 6.45) is 5.47. The Kier molecular flexibility index (Phi) is 5.10. The molecule has 1 heterocycles. The van der Waals surface area contributed by atoms with E-state index in [1.54, 1.807) is 24.3 Å². The van der Waals surface area contributed by atoms with Gasteiger partial charge in [-0.15, -0.1) is 6.58 Å². The minimum Gasteiger partial charge on any atom is -0.507 e. The largest absolute Gasteiger partial charge is 0.507 e. The quantitative estimate of drug-likeness (QED) is 0.280. The summed E-state index contributed by atoms with van der Waals surface area (Å²) < 4.78 is 0.132. The number of benzene rings is 1. The maximum absolute atomic E-state index is 13.2. The normalized spacial score (nSPS) is 28.8. The van der Waals surface area contributed by atoms with E-state index in [1.807, 2.05) is 6.08 Å². The first-order valence-electron chi connectivity index (χ1n) is 10.6. The monoisotopic (exact) mass is 509 g/mol.